The van der Waals surface area contributed by atoms with Crippen molar-refractivity contribution in [2.24, 2.45) is 14.1 Å². The molecule has 2 amide bonds. The molecule has 2 aliphatic rings. The fourth-order valence-electron chi connectivity index (χ4n) is 3.41. The molecule has 0 saturated heterocycles. The molecule has 0 aliphatic carbocycles. The summed E-state index contributed by atoms with van der Waals surface area (Å²) in [5, 5.41) is 5.38. The van der Waals surface area contributed by atoms with Crippen LogP contribution in [-0.4, -0.2) is 45.6 Å². The number of nitrogens with one attached hydrogen (secondary N) is 2. The Bertz CT molecular complexity index is 881. The van der Waals surface area contributed by atoms with E-state index in [0.29, 0.717) is 48.3 Å². The number of aromatic nitrogens is 2. The molecular weight excluding hydrogens is 348 g/mol. The maximum atomic E-state index is 11.7. The molecule has 27 heavy (non-hydrogen) atoms. The smallest absolute Gasteiger partial charge is 0.253 e. The molecule has 0 radical (unpaired) electrons. The van der Waals surface area contributed by atoms with Crippen LogP contribution in [0.1, 0.15) is 60.0 Å². The Balaban J connectivity index is 0.000000156. The Morgan fingerprint density at radius 2 is 1.41 bits per heavy atom. The van der Waals surface area contributed by atoms with E-state index in [4.69, 9.17) is 0 Å². The topological polar surface area (TPSA) is 102 Å². The zero-order valence-electron chi connectivity index (χ0n) is 15.6. The summed E-state index contributed by atoms with van der Waals surface area (Å²) in [6.45, 7) is 2.72. The van der Waals surface area contributed by atoms with Gasteiger partial charge in [-0.05, 0) is 12.5 Å². The van der Waals surface area contributed by atoms with Crippen molar-refractivity contribution in [3.8, 4) is 0 Å². The lowest BCUT2D eigenvalue weighted by Gasteiger charge is -2.00. The average molecular weight is 370 g/mol. The highest BCUT2D eigenvalue weighted by Gasteiger charge is 2.26. The molecule has 0 fully saturated rings. The highest BCUT2D eigenvalue weighted by atomic mass is 16.2. The predicted molar refractivity (Wildman–Crippen MR) is 98.1 cm³/mol. The van der Waals surface area contributed by atoms with E-state index in [2.05, 4.69) is 10.6 Å². The van der Waals surface area contributed by atoms with E-state index >= 15 is 0 Å². The Kier molecular flexibility index (Phi) is 4.98. The van der Waals surface area contributed by atoms with Crippen LogP contribution in [0.4, 0.5) is 0 Å². The minimum absolute atomic E-state index is 0.0361. The van der Waals surface area contributed by atoms with Crippen molar-refractivity contribution in [2.75, 3.05) is 13.1 Å². The number of Topliss-reactive ketones (excluding diaryl/α,β-unsaturated/α-hetero) is 2. The summed E-state index contributed by atoms with van der Waals surface area (Å²) in [5.74, 6) is -0.215. The number of rotatable bonds is 0. The Morgan fingerprint density at radius 3 is 2.11 bits per heavy atom. The monoisotopic (exact) mass is 370 g/mol. The normalized spacial score (nSPS) is 16.3. The molecule has 4 rings (SSSR count). The molecule has 0 atom stereocenters. The van der Waals surface area contributed by atoms with E-state index in [0.717, 1.165) is 5.56 Å². The second kappa shape index (κ2) is 7.22. The average Bonchev–Trinajstić information content (AvgIpc) is 3.05. The number of hydrogen-bond donors (Lipinski definition) is 2. The number of hydrogen-bond acceptors (Lipinski definition) is 4. The first-order valence-corrected chi connectivity index (χ1v) is 8.74. The van der Waals surface area contributed by atoms with Gasteiger partial charge in [-0.2, -0.15) is 0 Å². The summed E-state index contributed by atoms with van der Waals surface area (Å²) in [6, 6.07) is 0. The van der Waals surface area contributed by atoms with E-state index in [1.54, 1.807) is 35.6 Å². The molecule has 2 aromatic heterocycles. The molecule has 4 heterocycles. The van der Waals surface area contributed by atoms with Crippen molar-refractivity contribution in [1.82, 2.24) is 19.8 Å². The highest BCUT2D eigenvalue weighted by Crippen LogP contribution is 2.19. The third-order valence-electron chi connectivity index (χ3n) is 4.64. The number of carbonyl (C=O) groups excluding carboxylic acids is 4. The largest absolute Gasteiger partial charge is 0.356 e. The van der Waals surface area contributed by atoms with E-state index in [9.17, 15) is 19.2 Å². The lowest BCUT2D eigenvalue weighted by Crippen LogP contribution is -2.22. The summed E-state index contributed by atoms with van der Waals surface area (Å²) in [7, 11) is 3.59. The molecule has 0 spiro atoms. The van der Waals surface area contributed by atoms with Gasteiger partial charge in [0.2, 0.25) is 0 Å². The van der Waals surface area contributed by atoms with Crippen molar-refractivity contribution in [3.05, 3.63) is 46.5 Å². The molecule has 2 N–H and O–H groups in total. The summed E-state index contributed by atoms with van der Waals surface area (Å²) in [6.07, 6.45) is 5.96. The van der Waals surface area contributed by atoms with Crippen LogP contribution in [-0.2, 0) is 14.1 Å². The first-order valence-electron chi connectivity index (χ1n) is 8.74. The van der Waals surface area contributed by atoms with E-state index in [1.807, 2.05) is 13.1 Å². The van der Waals surface area contributed by atoms with Crippen molar-refractivity contribution < 1.29 is 19.2 Å². The summed E-state index contributed by atoms with van der Waals surface area (Å²) < 4.78 is 3.46. The van der Waals surface area contributed by atoms with Gasteiger partial charge in [0.1, 0.15) is 0 Å². The Morgan fingerprint density at radius 1 is 0.815 bits per heavy atom. The van der Waals surface area contributed by atoms with Gasteiger partial charge in [-0.3, -0.25) is 19.2 Å². The van der Waals surface area contributed by atoms with Crippen LogP contribution in [0.2, 0.25) is 0 Å². The second-order valence-electron chi connectivity index (χ2n) is 6.76. The van der Waals surface area contributed by atoms with Crippen LogP contribution < -0.4 is 10.6 Å². The minimum Gasteiger partial charge on any atom is -0.356 e. The Labute approximate surface area is 156 Å². The number of carbonyl (C=O) groups is 4. The van der Waals surface area contributed by atoms with Gasteiger partial charge in [0.25, 0.3) is 11.8 Å². The number of amides is 2. The zero-order chi connectivity index (χ0) is 19.7. The van der Waals surface area contributed by atoms with Crippen molar-refractivity contribution in [3.63, 3.8) is 0 Å². The van der Waals surface area contributed by atoms with E-state index in [-0.39, 0.29) is 23.4 Å². The van der Waals surface area contributed by atoms with Gasteiger partial charge < -0.3 is 19.8 Å². The van der Waals surface area contributed by atoms with Crippen LogP contribution >= 0.6 is 0 Å². The van der Waals surface area contributed by atoms with Crippen LogP contribution in [0.3, 0.4) is 0 Å². The van der Waals surface area contributed by atoms with E-state index < -0.39 is 0 Å². The minimum atomic E-state index is -0.151. The number of ketones is 2. The quantitative estimate of drug-likeness (QED) is 0.722. The summed E-state index contributed by atoms with van der Waals surface area (Å²) in [4.78, 5) is 46.1. The molecule has 0 saturated carbocycles. The molecule has 8 nitrogen and oxygen atoms in total. The fourth-order valence-corrected chi connectivity index (χ4v) is 3.41. The third kappa shape index (κ3) is 3.55. The van der Waals surface area contributed by atoms with Crippen LogP contribution in [0.5, 0.6) is 0 Å². The SMILES string of the molecule is Cc1cn(C)c2c1C(=O)NCCC2=O.Cn1cc2c(c1)C(=O)NCCC2=O. The highest BCUT2D eigenvalue weighted by molar-refractivity contribution is 6.10. The van der Waals surface area contributed by atoms with Crippen molar-refractivity contribution in [2.45, 2.75) is 19.8 Å². The van der Waals surface area contributed by atoms with Crippen molar-refractivity contribution >= 4 is 23.4 Å². The summed E-state index contributed by atoms with van der Waals surface area (Å²) >= 11 is 0. The number of fused-ring (bicyclic) bond motifs is 2. The maximum Gasteiger partial charge on any atom is 0.253 e. The van der Waals surface area contributed by atoms with Gasteiger partial charge in [-0.15, -0.1) is 0 Å². The molecule has 142 valence electrons. The van der Waals surface area contributed by atoms with Gasteiger partial charge in [-0.25, -0.2) is 0 Å². The lowest BCUT2D eigenvalue weighted by atomic mass is 10.1. The fraction of sp³-hybridized carbons (Fsp3) is 0.368. The number of aryl methyl sites for hydroxylation is 3. The van der Waals surface area contributed by atoms with Crippen LogP contribution in [0, 0.1) is 6.92 Å². The van der Waals surface area contributed by atoms with Gasteiger partial charge in [-0.1, -0.05) is 0 Å². The standard InChI is InChI=1S/C10H12N2O2.C9H10N2O2/c1-6-5-12(2)9-7(13)3-4-11-10(14)8(6)9;1-11-4-6-7(5-11)9(13)10-3-2-8(6)12/h5H,3-4H2,1-2H3,(H,11,14);4-5H,2-3H2,1H3,(H,10,13). The molecule has 2 aliphatic heterocycles. The van der Waals surface area contributed by atoms with Gasteiger partial charge in [0, 0.05) is 64.2 Å². The molecule has 2 aromatic rings. The first-order chi connectivity index (χ1) is 12.8. The lowest BCUT2D eigenvalue weighted by molar-refractivity contribution is 0.0945. The summed E-state index contributed by atoms with van der Waals surface area (Å²) in [5.41, 5.74) is 2.96. The van der Waals surface area contributed by atoms with Crippen molar-refractivity contribution in [1.29, 1.82) is 0 Å². The molecule has 0 aromatic carbocycles. The van der Waals surface area contributed by atoms with Gasteiger partial charge in [0.05, 0.1) is 16.8 Å². The van der Waals surface area contributed by atoms with Gasteiger partial charge in [0.15, 0.2) is 11.6 Å². The Hall–Kier alpha value is -3.16. The van der Waals surface area contributed by atoms with Crippen LogP contribution in [0.25, 0.3) is 0 Å². The van der Waals surface area contributed by atoms with Crippen LogP contribution in [0.15, 0.2) is 18.6 Å². The predicted octanol–water partition coefficient (Wildman–Crippen LogP) is 0.991. The number of nitrogens with zero attached hydrogens (tertiary/aromatic N) is 2. The molecular formula is C19H22N4O4. The molecule has 0 bridgehead atoms. The molecule has 8 heteroatoms. The molecule has 0 unspecified atom stereocenters. The maximum absolute atomic E-state index is 11.7. The van der Waals surface area contributed by atoms with Gasteiger partial charge >= 0.3 is 0 Å². The third-order valence-corrected chi connectivity index (χ3v) is 4.64. The zero-order valence-corrected chi connectivity index (χ0v) is 15.6. The first kappa shape index (κ1) is 18.6. The second-order valence-corrected chi connectivity index (χ2v) is 6.76. The van der Waals surface area contributed by atoms with E-state index in [1.165, 1.54) is 0 Å².